The molecule has 0 spiro atoms. The monoisotopic (exact) mass is 335 g/mol. The Morgan fingerprint density at radius 3 is 2.83 bits per heavy atom. The molecule has 118 valence electrons. The van der Waals surface area contributed by atoms with Crippen LogP contribution in [-0.2, 0) is 18.4 Å². The van der Waals surface area contributed by atoms with E-state index in [1.54, 1.807) is 7.05 Å². The smallest absolute Gasteiger partial charge is 0.396 e. The summed E-state index contributed by atoms with van der Waals surface area (Å²) in [5.74, 6) is -1.31. The second-order valence-electron chi connectivity index (χ2n) is 4.46. The Balaban J connectivity index is 2.05. The highest BCUT2D eigenvalue weighted by atomic mass is 32.2. The number of aliphatic carboxylic acids is 1. The zero-order valence-corrected chi connectivity index (χ0v) is 12.5. The van der Waals surface area contributed by atoms with Gasteiger partial charge in [0.15, 0.2) is 10.7 Å². The maximum atomic E-state index is 11.0. The van der Waals surface area contributed by atoms with Gasteiger partial charge >= 0.3 is 11.8 Å². The zero-order valence-electron chi connectivity index (χ0n) is 11.6. The first-order valence-corrected chi connectivity index (χ1v) is 7.00. The highest BCUT2D eigenvalue weighted by Crippen LogP contribution is 2.34. The Morgan fingerprint density at radius 1 is 1.35 bits per heavy atom. The molecule has 0 amide bonds. The number of nitrogens with zero attached hydrogens (tertiary/aromatic N) is 7. The SMILES string of the molecule is Cn1cnc([N+](=O)[O-])c1Sc1ncnc2c1ncn2CC(=O)O. The van der Waals surface area contributed by atoms with E-state index < -0.39 is 10.9 Å². The molecule has 3 heterocycles. The summed E-state index contributed by atoms with van der Waals surface area (Å²) in [5.41, 5.74) is 0.712. The molecular formula is C11H9N7O4S. The number of aromatic nitrogens is 6. The molecule has 1 N–H and O–H groups in total. The Morgan fingerprint density at radius 2 is 2.13 bits per heavy atom. The largest absolute Gasteiger partial charge is 0.480 e. The van der Waals surface area contributed by atoms with Gasteiger partial charge in [-0.2, -0.15) is 0 Å². The number of carbonyl (C=O) groups is 1. The molecule has 12 heteroatoms. The molecule has 3 aromatic rings. The normalized spacial score (nSPS) is 11.0. The van der Waals surface area contributed by atoms with E-state index in [0.29, 0.717) is 21.2 Å². The first-order valence-electron chi connectivity index (χ1n) is 6.18. The summed E-state index contributed by atoms with van der Waals surface area (Å²) in [7, 11) is 1.63. The van der Waals surface area contributed by atoms with Crippen LogP contribution in [0.25, 0.3) is 11.2 Å². The van der Waals surface area contributed by atoms with Gasteiger partial charge in [-0.1, -0.05) is 0 Å². The van der Waals surface area contributed by atoms with Gasteiger partial charge in [-0.05, 0) is 21.7 Å². The summed E-state index contributed by atoms with van der Waals surface area (Å²) in [6.07, 6.45) is 3.93. The van der Waals surface area contributed by atoms with Crippen molar-refractivity contribution in [3.05, 3.63) is 29.1 Å². The van der Waals surface area contributed by atoms with Crippen LogP contribution in [-0.4, -0.2) is 45.1 Å². The quantitative estimate of drug-likeness (QED) is 0.405. The molecule has 0 aliphatic heterocycles. The highest BCUT2D eigenvalue weighted by Gasteiger charge is 2.23. The number of hydrogen-bond acceptors (Lipinski definition) is 8. The summed E-state index contributed by atoms with van der Waals surface area (Å²) >= 11 is 1.02. The Hall–Kier alpha value is -3.02. The van der Waals surface area contributed by atoms with Gasteiger partial charge in [0.2, 0.25) is 6.33 Å². The van der Waals surface area contributed by atoms with E-state index in [9.17, 15) is 14.9 Å². The summed E-state index contributed by atoms with van der Waals surface area (Å²) < 4.78 is 2.87. The van der Waals surface area contributed by atoms with Gasteiger partial charge in [-0.15, -0.1) is 0 Å². The fourth-order valence-electron chi connectivity index (χ4n) is 1.94. The van der Waals surface area contributed by atoms with Crippen molar-refractivity contribution in [2.24, 2.45) is 7.05 Å². The van der Waals surface area contributed by atoms with E-state index in [4.69, 9.17) is 5.11 Å². The van der Waals surface area contributed by atoms with Gasteiger partial charge in [0.05, 0.1) is 6.33 Å². The third-order valence-corrected chi connectivity index (χ3v) is 4.06. The van der Waals surface area contributed by atoms with Gasteiger partial charge in [-0.25, -0.2) is 15.0 Å². The van der Waals surface area contributed by atoms with Crippen molar-refractivity contribution in [1.29, 1.82) is 0 Å². The molecule has 0 aromatic carbocycles. The van der Waals surface area contributed by atoms with E-state index in [1.807, 2.05) is 0 Å². The second-order valence-corrected chi connectivity index (χ2v) is 5.44. The summed E-state index contributed by atoms with van der Waals surface area (Å²) in [6, 6.07) is 0. The lowest BCUT2D eigenvalue weighted by molar-refractivity contribution is -0.392. The molecule has 11 nitrogen and oxygen atoms in total. The average molecular weight is 335 g/mol. The fourth-order valence-corrected chi connectivity index (χ4v) is 2.87. The Labute approximate surface area is 132 Å². The number of hydrogen-bond donors (Lipinski definition) is 1. The molecule has 0 atom stereocenters. The van der Waals surface area contributed by atoms with Crippen molar-refractivity contribution in [3.63, 3.8) is 0 Å². The first kappa shape index (κ1) is 14.9. The first-order chi connectivity index (χ1) is 11.0. The van der Waals surface area contributed by atoms with Gasteiger partial charge in [0, 0.05) is 7.05 Å². The molecule has 0 aliphatic carbocycles. The zero-order chi connectivity index (χ0) is 16.6. The number of rotatable bonds is 5. The number of carboxylic acids is 1. The number of nitro groups is 1. The molecule has 0 aliphatic rings. The molecular weight excluding hydrogens is 326 g/mol. The van der Waals surface area contributed by atoms with Crippen LogP contribution in [0.1, 0.15) is 0 Å². The topological polar surface area (TPSA) is 142 Å². The minimum Gasteiger partial charge on any atom is -0.480 e. The predicted molar refractivity (Wildman–Crippen MR) is 76.9 cm³/mol. The van der Waals surface area contributed by atoms with Crippen molar-refractivity contribution in [2.75, 3.05) is 0 Å². The molecule has 0 saturated carbocycles. The van der Waals surface area contributed by atoms with Crippen molar-refractivity contribution in [1.82, 2.24) is 29.1 Å². The van der Waals surface area contributed by atoms with Crippen LogP contribution >= 0.6 is 11.8 Å². The lowest BCUT2D eigenvalue weighted by Gasteiger charge is -2.03. The maximum absolute atomic E-state index is 11.0. The minimum atomic E-state index is -1.03. The van der Waals surface area contributed by atoms with Crippen LogP contribution in [0.15, 0.2) is 29.0 Å². The van der Waals surface area contributed by atoms with Crippen LogP contribution in [0.4, 0.5) is 5.82 Å². The van der Waals surface area contributed by atoms with Crippen LogP contribution in [0.2, 0.25) is 0 Å². The van der Waals surface area contributed by atoms with E-state index in [-0.39, 0.29) is 12.4 Å². The summed E-state index contributed by atoms with van der Waals surface area (Å²) in [5, 5.41) is 20.6. The maximum Gasteiger partial charge on any atom is 0.396 e. The second kappa shape index (κ2) is 5.64. The van der Waals surface area contributed by atoms with Gasteiger partial charge in [0.1, 0.15) is 23.4 Å². The number of fused-ring (bicyclic) bond motifs is 1. The van der Waals surface area contributed by atoms with Crippen molar-refractivity contribution < 1.29 is 14.8 Å². The van der Waals surface area contributed by atoms with Crippen LogP contribution in [0.5, 0.6) is 0 Å². The Bertz CT molecular complexity index is 918. The summed E-state index contributed by atoms with van der Waals surface area (Å²) in [4.78, 5) is 37.2. The van der Waals surface area contributed by atoms with Gasteiger partial charge in [-0.3, -0.25) is 4.79 Å². The predicted octanol–water partition coefficient (Wildman–Crippen LogP) is 0.704. The van der Waals surface area contributed by atoms with Crippen LogP contribution in [0, 0.1) is 10.1 Å². The van der Waals surface area contributed by atoms with E-state index in [0.717, 1.165) is 11.8 Å². The Kier molecular flexibility index (Phi) is 3.65. The molecule has 0 fully saturated rings. The lowest BCUT2D eigenvalue weighted by Crippen LogP contribution is -2.08. The van der Waals surface area contributed by atoms with Crippen LogP contribution < -0.4 is 0 Å². The average Bonchev–Trinajstić information content (AvgIpc) is 3.04. The number of imidazole rings is 2. The lowest BCUT2D eigenvalue weighted by atomic mass is 10.5. The molecule has 0 unspecified atom stereocenters. The van der Waals surface area contributed by atoms with Crippen molar-refractivity contribution in [2.45, 2.75) is 16.6 Å². The number of aryl methyl sites for hydroxylation is 1. The number of carboxylic acid groups (broad SMARTS) is 1. The summed E-state index contributed by atoms with van der Waals surface area (Å²) in [6.45, 7) is -0.288. The fraction of sp³-hybridized carbons (Fsp3) is 0.182. The van der Waals surface area contributed by atoms with Gasteiger partial charge < -0.3 is 24.4 Å². The molecule has 23 heavy (non-hydrogen) atoms. The van der Waals surface area contributed by atoms with Crippen molar-refractivity contribution >= 4 is 34.7 Å². The van der Waals surface area contributed by atoms with Crippen molar-refractivity contribution in [3.8, 4) is 0 Å². The standard InChI is InChI=1S/C11H9N7O4S/c1-16-4-15-9(18(21)22)11(16)23-10-7-8(12-3-13-10)17(5-14-7)2-6(19)20/h3-5H,2H2,1H3,(H,19,20). The van der Waals surface area contributed by atoms with E-state index in [2.05, 4.69) is 19.9 Å². The molecule has 3 rings (SSSR count). The molecule has 3 aromatic heterocycles. The third-order valence-electron chi connectivity index (χ3n) is 2.90. The van der Waals surface area contributed by atoms with E-state index >= 15 is 0 Å². The molecule has 0 bridgehead atoms. The highest BCUT2D eigenvalue weighted by molar-refractivity contribution is 7.99. The van der Waals surface area contributed by atoms with Gasteiger partial charge in [0.25, 0.3) is 0 Å². The molecule has 0 saturated heterocycles. The minimum absolute atomic E-state index is 0.283. The van der Waals surface area contributed by atoms with Crippen LogP contribution in [0.3, 0.4) is 0 Å². The molecule has 0 radical (unpaired) electrons. The van der Waals surface area contributed by atoms with E-state index in [1.165, 1.54) is 28.1 Å². The third kappa shape index (κ3) is 2.70.